The van der Waals surface area contributed by atoms with Gasteiger partial charge < -0.3 is 4.74 Å². The molecular formula is C24H42O2. The summed E-state index contributed by atoms with van der Waals surface area (Å²) in [6.07, 6.45) is 19.5. The second kappa shape index (κ2) is 10.1. The van der Waals surface area contributed by atoms with Crippen LogP contribution in [-0.4, -0.2) is 12.1 Å². The summed E-state index contributed by atoms with van der Waals surface area (Å²) in [5, 5.41) is 0. The summed E-state index contributed by atoms with van der Waals surface area (Å²) in [5.74, 6) is 4.05. The van der Waals surface area contributed by atoms with Crippen LogP contribution in [0.3, 0.4) is 0 Å². The summed E-state index contributed by atoms with van der Waals surface area (Å²) in [5.41, 5.74) is 0. The van der Waals surface area contributed by atoms with Gasteiger partial charge in [0.25, 0.3) is 0 Å². The molecule has 0 amide bonds. The molecule has 0 bridgehead atoms. The first-order valence-corrected chi connectivity index (χ1v) is 11.9. The highest BCUT2D eigenvalue weighted by Gasteiger charge is 2.34. The SMILES string of the molecule is CCCC1CCC(OC(=O)C2CCC(C3CCC(CC)CC3)CC2)CC1. The van der Waals surface area contributed by atoms with Gasteiger partial charge in [0, 0.05) is 0 Å². The van der Waals surface area contributed by atoms with Gasteiger partial charge in [0.15, 0.2) is 0 Å². The van der Waals surface area contributed by atoms with Crippen LogP contribution in [0.5, 0.6) is 0 Å². The molecule has 0 aromatic carbocycles. The average Bonchev–Trinajstić information content (AvgIpc) is 2.70. The van der Waals surface area contributed by atoms with Crippen LogP contribution in [-0.2, 0) is 9.53 Å². The standard InChI is InChI=1S/C24H42O2/c1-3-5-19-8-16-23(17-9-19)26-24(25)22-14-12-21(13-15-22)20-10-6-18(4-2)7-11-20/h18-23H,3-17H2,1-2H3. The maximum absolute atomic E-state index is 12.6. The maximum atomic E-state index is 12.6. The van der Waals surface area contributed by atoms with E-state index in [1.165, 1.54) is 70.6 Å². The minimum absolute atomic E-state index is 0.136. The van der Waals surface area contributed by atoms with Crippen molar-refractivity contribution in [2.75, 3.05) is 0 Å². The Morgan fingerprint density at radius 1 is 0.731 bits per heavy atom. The van der Waals surface area contributed by atoms with Crippen LogP contribution in [0.2, 0.25) is 0 Å². The Bertz CT molecular complexity index is 408. The van der Waals surface area contributed by atoms with E-state index < -0.39 is 0 Å². The third kappa shape index (κ3) is 5.49. The Morgan fingerprint density at radius 3 is 1.81 bits per heavy atom. The van der Waals surface area contributed by atoms with Gasteiger partial charge in [-0.25, -0.2) is 0 Å². The summed E-state index contributed by atoms with van der Waals surface area (Å²) in [7, 11) is 0. The summed E-state index contributed by atoms with van der Waals surface area (Å²) in [6.45, 7) is 4.62. The molecule has 2 heteroatoms. The minimum atomic E-state index is 0.136. The fourth-order valence-corrected chi connectivity index (χ4v) is 6.10. The number of carbonyl (C=O) groups is 1. The molecule has 3 aliphatic rings. The minimum Gasteiger partial charge on any atom is -0.462 e. The molecule has 0 saturated heterocycles. The topological polar surface area (TPSA) is 26.3 Å². The third-order valence-electron chi connectivity index (χ3n) is 8.01. The van der Waals surface area contributed by atoms with Crippen LogP contribution in [0.4, 0.5) is 0 Å². The van der Waals surface area contributed by atoms with Gasteiger partial charge in [-0.3, -0.25) is 4.79 Å². The molecule has 0 aliphatic heterocycles. The highest BCUT2D eigenvalue weighted by atomic mass is 16.5. The molecular weight excluding hydrogens is 320 g/mol. The lowest BCUT2D eigenvalue weighted by atomic mass is 9.69. The number of carbonyl (C=O) groups excluding carboxylic acids is 1. The van der Waals surface area contributed by atoms with Crippen molar-refractivity contribution in [3.8, 4) is 0 Å². The van der Waals surface area contributed by atoms with E-state index in [2.05, 4.69) is 13.8 Å². The van der Waals surface area contributed by atoms with Crippen molar-refractivity contribution in [1.29, 1.82) is 0 Å². The molecule has 3 fully saturated rings. The number of esters is 1. The van der Waals surface area contributed by atoms with E-state index in [1.807, 2.05) is 0 Å². The number of rotatable bonds is 6. The van der Waals surface area contributed by atoms with Crippen molar-refractivity contribution in [3.63, 3.8) is 0 Å². The molecule has 3 saturated carbocycles. The predicted octanol–water partition coefficient (Wildman–Crippen LogP) is 6.91. The van der Waals surface area contributed by atoms with Gasteiger partial charge in [-0.05, 0) is 87.9 Å². The Kier molecular flexibility index (Phi) is 7.88. The Morgan fingerprint density at radius 2 is 1.27 bits per heavy atom. The lowest BCUT2D eigenvalue weighted by molar-refractivity contribution is -0.157. The zero-order valence-electron chi connectivity index (χ0n) is 17.4. The summed E-state index contributed by atoms with van der Waals surface area (Å²) in [4.78, 5) is 12.6. The fourth-order valence-electron chi connectivity index (χ4n) is 6.10. The Balaban J connectivity index is 1.35. The van der Waals surface area contributed by atoms with Crippen LogP contribution < -0.4 is 0 Å². The first kappa shape index (κ1) is 20.2. The van der Waals surface area contributed by atoms with Crippen LogP contribution >= 0.6 is 0 Å². The molecule has 0 heterocycles. The Hall–Kier alpha value is -0.530. The molecule has 3 rings (SSSR count). The molecule has 0 spiro atoms. The molecule has 150 valence electrons. The molecule has 0 unspecified atom stereocenters. The third-order valence-corrected chi connectivity index (χ3v) is 8.01. The Labute approximate surface area is 161 Å². The van der Waals surface area contributed by atoms with E-state index >= 15 is 0 Å². The van der Waals surface area contributed by atoms with Gasteiger partial charge in [-0.2, -0.15) is 0 Å². The van der Waals surface area contributed by atoms with Gasteiger partial charge in [0.05, 0.1) is 5.92 Å². The van der Waals surface area contributed by atoms with Gasteiger partial charge in [-0.1, -0.05) is 46.0 Å². The van der Waals surface area contributed by atoms with Crippen LogP contribution in [0, 0.1) is 29.6 Å². The van der Waals surface area contributed by atoms with E-state index in [-0.39, 0.29) is 18.0 Å². The summed E-state index contributed by atoms with van der Waals surface area (Å²) < 4.78 is 5.93. The molecule has 0 atom stereocenters. The largest absolute Gasteiger partial charge is 0.462 e. The molecule has 0 aromatic rings. The number of ether oxygens (including phenoxy) is 1. The highest BCUT2D eigenvalue weighted by Crippen LogP contribution is 2.42. The lowest BCUT2D eigenvalue weighted by Crippen LogP contribution is -2.32. The van der Waals surface area contributed by atoms with Gasteiger partial charge >= 0.3 is 5.97 Å². The molecule has 0 radical (unpaired) electrons. The smallest absolute Gasteiger partial charge is 0.309 e. The summed E-state index contributed by atoms with van der Waals surface area (Å²) in [6, 6.07) is 0. The van der Waals surface area contributed by atoms with Crippen molar-refractivity contribution in [1.82, 2.24) is 0 Å². The second-order valence-corrected chi connectivity index (χ2v) is 9.67. The van der Waals surface area contributed by atoms with Gasteiger partial charge in [0.1, 0.15) is 6.10 Å². The van der Waals surface area contributed by atoms with Crippen molar-refractivity contribution in [2.45, 2.75) is 116 Å². The van der Waals surface area contributed by atoms with Gasteiger partial charge in [0.2, 0.25) is 0 Å². The van der Waals surface area contributed by atoms with E-state index in [1.54, 1.807) is 0 Å². The molecule has 26 heavy (non-hydrogen) atoms. The summed E-state index contributed by atoms with van der Waals surface area (Å²) >= 11 is 0. The second-order valence-electron chi connectivity index (χ2n) is 9.67. The zero-order chi connectivity index (χ0) is 18.4. The van der Waals surface area contributed by atoms with Crippen molar-refractivity contribution >= 4 is 5.97 Å². The van der Waals surface area contributed by atoms with Crippen LogP contribution in [0.25, 0.3) is 0 Å². The maximum Gasteiger partial charge on any atom is 0.309 e. The number of hydrogen-bond acceptors (Lipinski definition) is 2. The fraction of sp³-hybridized carbons (Fsp3) is 0.958. The molecule has 0 aromatic heterocycles. The van der Waals surface area contributed by atoms with E-state index in [0.717, 1.165) is 49.4 Å². The van der Waals surface area contributed by atoms with E-state index in [0.29, 0.717) is 0 Å². The monoisotopic (exact) mass is 362 g/mol. The van der Waals surface area contributed by atoms with Crippen molar-refractivity contribution in [3.05, 3.63) is 0 Å². The highest BCUT2D eigenvalue weighted by molar-refractivity contribution is 5.72. The molecule has 3 aliphatic carbocycles. The van der Waals surface area contributed by atoms with E-state index in [9.17, 15) is 4.79 Å². The first-order valence-electron chi connectivity index (χ1n) is 11.9. The number of hydrogen-bond donors (Lipinski definition) is 0. The van der Waals surface area contributed by atoms with Crippen molar-refractivity contribution < 1.29 is 9.53 Å². The first-order chi connectivity index (χ1) is 12.7. The molecule has 0 N–H and O–H groups in total. The van der Waals surface area contributed by atoms with Crippen LogP contribution in [0.1, 0.15) is 110 Å². The zero-order valence-corrected chi connectivity index (χ0v) is 17.4. The lowest BCUT2D eigenvalue weighted by Gasteiger charge is -2.37. The normalized spacial score (nSPS) is 38.7. The predicted molar refractivity (Wildman–Crippen MR) is 108 cm³/mol. The molecule has 2 nitrogen and oxygen atoms in total. The van der Waals surface area contributed by atoms with Gasteiger partial charge in [-0.15, -0.1) is 0 Å². The quantitative estimate of drug-likeness (QED) is 0.480. The van der Waals surface area contributed by atoms with Crippen LogP contribution in [0.15, 0.2) is 0 Å². The average molecular weight is 363 g/mol. The van der Waals surface area contributed by atoms with E-state index in [4.69, 9.17) is 4.74 Å². The van der Waals surface area contributed by atoms with Crippen molar-refractivity contribution in [2.24, 2.45) is 29.6 Å².